The van der Waals surface area contributed by atoms with Gasteiger partial charge in [0.15, 0.2) is 0 Å². The third-order valence-corrected chi connectivity index (χ3v) is 1.81. The van der Waals surface area contributed by atoms with Crippen LogP contribution in [0.15, 0.2) is 12.7 Å². The highest BCUT2D eigenvalue weighted by molar-refractivity contribution is 4.50. The first-order chi connectivity index (χ1) is 6.95. The van der Waals surface area contributed by atoms with E-state index >= 15 is 0 Å². The minimum absolute atomic E-state index is 0.828. The van der Waals surface area contributed by atoms with Crippen molar-refractivity contribution in [2.45, 2.75) is 25.9 Å². The second kappa shape index (κ2) is 4.40. The van der Waals surface area contributed by atoms with Crippen LogP contribution in [0.2, 0.25) is 0 Å². The van der Waals surface area contributed by atoms with E-state index in [1.807, 2.05) is 0 Å². The fraction of sp³-hybridized carbons (Fsp3) is 0.667. The molecule has 0 aliphatic heterocycles. The summed E-state index contributed by atoms with van der Waals surface area (Å²) in [4.78, 5) is 0. The molecule has 2 heterocycles. The fourth-order valence-electron chi connectivity index (χ4n) is 1.11. The van der Waals surface area contributed by atoms with Crippen LogP contribution >= 0.6 is 0 Å². The number of hydrogen-bond acceptors (Lipinski definition) is 6. The molecular formula is C6H10N8. The highest BCUT2D eigenvalue weighted by atomic mass is 15.5. The Morgan fingerprint density at radius 2 is 1.29 bits per heavy atom. The fourth-order valence-corrected chi connectivity index (χ4v) is 1.11. The van der Waals surface area contributed by atoms with E-state index in [0.717, 1.165) is 25.9 Å². The number of hydrogen-bond donors (Lipinski definition) is 0. The predicted octanol–water partition coefficient (Wildman–Crippen LogP) is -0.860. The summed E-state index contributed by atoms with van der Waals surface area (Å²) in [5.41, 5.74) is 0. The van der Waals surface area contributed by atoms with Crippen molar-refractivity contribution in [2.75, 3.05) is 0 Å². The summed E-state index contributed by atoms with van der Waals surface area (Å²) in [6, 6.07) is 0. The quantitative estimate of drug-likeness (QED) is 0.575. The van der Waals surface area contributed by atoms with Crippen LogP contribution in [0.25, 0.3) is 0 Å². The number of unbranched alkanes of at least 4 members (excludes halogenated alkanes) is 1. The van der Waals surface area contributed by atoms with E-state index in [9.17, 15) is 0 Å². The first-order valence-electron chi connectivity index (χ1n) is 4.37. The van der Waals surface area contributed by atoms with Gasteiger partial charge in [0.1, 0.15) is 12.7 Å². The van der Waals surface area contributed by atoms with Gasteiger partial charge in [-0.3, -0.25) is 0 Å². The lowest BCUT2D eigenvalue weighted by molar-refractivity contribution is 0.487. The summed E-state index contributed by atoms with van der Waals surface area (Å²) in [6.07, 6.45) is 5.23. The van der Waals surface area contributed by atoms with Crippen molar-refractivity contribution in [1.29, 1.82) is 0 Å². The standard InChI is InChI=1S/C6H10N8/c1(3-13-5-7-9-11-13)2-4-14-6-8-10-12-14/h5-6H,1-4H2. The molecule has 0 spiro atoms. The molecule has 0 aliphatic rings. The maximum Gasteiger partial charge on any atom is 0.138 e. The van der Waals surface area contributed by atoms with Gasteiger partial charge >= 0.3 is 0 Å². The van der Waals surface area contributed by atoms with Gasteiger partial charge in [-0.2, -0.15) is 0 Å². The van der Waals surface area contributed by atoms with Crippen molar-refractivity contribution in [3.05, 3.63) is 12.7 Å². The van der Waals surface area contributed by atoms with Crippen molar-refractivity contribution >= 4 is 0 Å². The largest absolute Gasteiger partial charge is 0.233 e. The monoisotopic (exact) mass is 194 g/mol. The Morgan fingerprint density at radius 3 is 1.64 bits per heavy atom. The molecule has 2 rings (SSSR count). The molecule has 0 fully saturated rings. The number of rotatable bonds is 5. The zero-order valence-electron chi connectivity index (χ0n) is 7.56. The zero-order valence-corrected chi connectivity index (χ0v) is 7.56. The third-order valence-electron chi connectivity index (χ3n) is 1.81. The van der Waals surface area contributed by atoms with E-state index in [1.165, 1.54) is 0 Å². The van der Waals surface area contributed by atoms with Gasteiger partial charge in [-0.25, -0.2) is 9.36 Å². The van der Waals surface area contributed by atoms with Crippen LogP contribution in [0.3, 0.4) is 0 Å². The smallest absolute Gasteiger partial charge is 0.138 e. The average molecular weight is 194 g/mol. The molecule has 0 radical (unpaired) electrons. The molecular weight excluding hydrogens is 184 g/mol. The van der Waals surface area contributed by atoms with Gasteiger partial charge in [0.25, 0.3) is 0 Å². The Labute approximate surface area is 79.9 Å². The molecule has 0 unspecified atom stereocenters. The molecule has 0 saturated carbocycles. The molecule has 2 aromatic heterocycles. The van der Waals surface area contributed by atoms with Gasteiger partial charge in [-0.1, -0.05) is 0 Å². The molecule has 0 bridgehead atoms. The highest BCUT2D eigenvalue weighted by Crippen LogP contribution is 1.94. The van der Waals surface area contributed by atoms with Gasteiger partial charge < -0.3 is 0 Å². The Hall–Kier alpha value is -1.86. The zero-order chi connectivity index (χ0) is 9.64. The lowest BCUT2D eigenvalue weighted by Gasteiger charge is -1.99. The van der Waals surface area contributed by atoms with E-state index in [4.69, 9.17) is 0 Å². The minimum Gasteiger partial charge on any atom is -0.233 e. The van der Waals surface area contributed by atoms with Crippen molar-refractivity contribution in [2.24, 2.45) is 0 Å². The topological polar surface area (TPSA) is 87.2 Å². The molecule has 0 amide bonds. The van der Waals surface area contributed by atoms with Gasteiger partial charge in [-0.15, -0.1) is 10.2 Å². The molecule has 0 aromatic carbocycles. The van der Waals surface area contributed by atoms with Crippen LogP contribution in [-0.2, 0) is 13.1 Å². The number of nitrogens with zero attached hydrogens (tertiary/aromatic N) is 8. The Kier molecular flexibility index (Phi) is 2.74. The van der Waals surface area contributed by atoms with Crippen LogP contribution in [0.5, 0.6) is 0 Å². The van der Waals surface area contributed by atoms with Crippen LogP contribution in [0.4, 0.5) is 0 Å². The summed E-state index contributed by atoms with van der Waals surface area (Å²) < 4.78 is 3.42. The summed E-state index contributed by atoms with van der Waals surface area (Å²) in [5, 5.41) is 21.7. The average Bonchev–Trinajstić information content (AvgIpc) is 2.86. The van der Waals surface area contributed by atoms with Crippen LogP contribution in [0, 0.1) is 0 Å². The molecule has 0 aliphatic carbocycles. The second-order valence-electron chi connectivity index (χ2n) is 2.85. The third kappa shape index (κ3) is 2.31. The van der Waals surface area contributed by atoms with Crippen molar-refractivity contribution in [1.82, 2.24) is 40.4 Å². The van der Waals surface area contributed by atoms with Gasteiger partial charge in [0, 0.05) is 13.1 Å². The second-order valence-corrected chi connectivity index (χ2v) is 2.85. The molecule has 14 heavy (non-hydrogen) atoms. The van der Waals surface area contributed by atoms with Gasteiger partial charge in [0.2, 0.25) is 0 Å². The maximum atomic E-state index is 3.76. The Balaban J connectivity index is 1.65. The molecule has 8 nitrogen and oxygen atoms in total. The molecule has 2 aromatic rings. The summed E-state index contributed by atoms with van der Waals surface area (Å²) in [7, 11) is 0. The number of tetrazole rings is 2. The van der Waals surface area contributed by atoms with Crippen molar-refractivity contribution < 1.29 is 0 Å². The highest BCUT2D eigenvalue weighted by Gasteiger charge is 1.95. The summed E-state index contributed by atoms with van der Waals surface area (Å²) >= 11 is 0. The Bertz CT molecular complexity index is 302. The van der Waals surface area contributed by atoms with E-state index in [2.05, 4.69) is 31.1 Å². The number of aromatic nitrogens is 8. The maximum absolute atomic E-state index is 3.76. The van der Waals surface area contributed by atoms with E-state index in [1.54, 1.807) is 22.0 Å². The van der Waals surface area contributed by atoms with Crippen LogP contribution < -0.4 is 0 Å². The first kappa shape index (κ1) is 8.73. The molecule has 0 atom stereocenters. The molecule has 8 heteroatoms. The van der Waals surface area contributed by atoms with Crippen LogP contribution in [0.1, 0.15) is 12.8 Å². The van der Waals surface area contributed by atoms with Gasteiger partial charge in [0.05, 0.1) is 0 Å². The minimum atomic E-state index is 0.828. The molecule has 0 N–H and O–H groups in total. The van der Waals surface area contributed by atoms with E-state index < -0.39 is 0 Å². The van der Waals surface area contributed by atoms with Crippen LogP contribution in [-0.4, -0.2) is 40.4 Å². The van der Waals surface area contributed by atoms with Crippen molar-refractivity contribution in [3.8, 4) is 0 Å². The summed E-state index contributed by atoms with van der Waals surface area (Å²) in [6.45, 7) is 1.66. The predicted molar refractivity (Wildman–Crippen MR) is 44.9 cm³/mol. The number of aryl methyl sites for hydroxylation is 2. The lowest BCUT2D eigenvalue weighted by atomic mass is 10.3. The lowest BCUT2D eigenvalue weighted by Crippen LogP contribution is -2.03. The molecule has 74 valence electrons. The first-order valence-corrected chi connectivity index (χ1v) is 4.37. The Morgan fingerprint density at radius 1 is 0.786 bits per heavy atom. The van der Waals surface area contributed by atoms with E-state index in [-0.39, 0.29) is 0 Å². The normalized spacial score (nSPS) is 10.6. The summed E-state index contributed by atoms with van der Waals surface area (Å²) in [5.74, 6) is 0. The van der Waals surface area contributed by atoms with Crippen molar-refractivity contribution in [3.63, 3.8) is 0 Å². The van der Waals surface area contributed by atoms with E-state index in [0.29, 0.717) is 0 Å². The SMILES string of the molecule is c1nnnn1CCCCn1cnnn1. The van der Waals surface area contributed by atoms with Gasteiger partial charge in [-0.05, 0) is 33.7 Å². The molecule has 0 saturated heterocycles.